The van der Waals surface area contributed by atoms with E-state index >= 15 is 0 Å². The van der Waals surface area contributed by atoms with Crippen LogP contribution >= 0.6 is 15.9 Å². The smallest absolute Gasteiger partial charge is 0.0100 e. The van der Waals surface area contributed by atoms with Crippen LogP contribution in [-0.2, 0) is 0 Å². The van der Waals surface area contributed by atoms with Crippen LogP contribution in [-0.4, -0.2) is 29.4 Å². The molecule has 1 atom stereocenters. The van der Waals surface area contributed by atoms with Crippen molar-refractivity contribution in [1.29, 1.82) is 0 Å². The van der Waals surface area contributed by atoms with Gasteiger partial charge >= 0.3 is 0 Å². The lowest BCUT2D eigenvalue weighted by atomic mass is 9.86. The SMILES string of the molecule is CC1CCCCN1CC1(CBr)CCCC1. The predicted molar refractivity (Wildman–Crippen MR) is 69.6 cm³/mol. The average Bonchev–Trinajstić information content (AvgIpc) is 2.71. The molecule has 1 saturated carbocycles. The molecule has 2 aliphatic rings. The van der Waals surface area contributed by atoms with Crippen LogP contribution in [0.25, 0.3) is 0 Å². The highest BCUT2D eigenvalue weighted by Gasteiger charge is 2.35. The molecule has 1 unspecified atom stereocenters. The van der Waals surface area contributed by atoms with Crippen LogP contribution in [0.2, 0.25) is 0 Å². The highest BCUT2D eigenvalue weighted by molar-refractivity contribution is 9.09. The van der Waals surface area contributed by atoms with Gasteiger partial charge in [-0.25, -0.2) is 0 Å². The summed E-state index contributed by atoms with van der Waals surface area (Å²) in [5.74, 6) is 0. The summed E-state index contributed by atoms with van der Waals surface area (Å²) in [6.45, 7) is 5.10. The minimum Gasteiger partial charge on any atom is -0.300 e. The number of halogens is 1. The van der Waals surface area contributed by atoms with E-state index in [9.17, 15) is 0 Å². The topological polar surface area (TPSA) is 3.24 Å². The third-order valence-electron chi connectivity index (χ3n) is 4.43. The molecule has 0 aromatic rings. The van der Waals surface area contributed by atoms with Gasteiger partial charge in [0, 0.05) is 17.9 Å². The minimum atomic E-state index is 0.617. The van der Waals surface area contributed by atoms with E-state index in [1.54, 1.807) is 0 Å². The zero-order valence-corrected chi connectivity index (χ0v) is 11.6. The van der Waals surface area contributed by atoms with E-state index in [1.165, 1.54) is 63.4 Å². The Morgan fingerprint density at radius 1 is 1.20 bits per heavy atom. The van der Waals surface area contributed by atoms with Crippen molar-refractivity contribution in [2.45, 2.75) is 57.9 Å². The highest BCUT2D eigenvalue weighted by atomic mass is 79.9. The van der Waals surface area contributed by atoms with Crippen molar-refractivity contribution in [3.05, 3.63) is 0 Å². The molecule has 1 nitrogen and oxygen atoms in total. The fourth-order valence-corrected chi connectivity index (χ4v) is 4.02. The first-order valence-electron chi connectivity index (χ1n) is 6.56. The molecule has 0 radical (unpaired) electrons. The van der Waals surface area contributed by atoms with E-state index in [2.05, 4.69) is 27.8 Å². The molecule has 15 heavy (non-hydrogen) atoms. The molecule has 1 saturated heterocycles. The average molecular weight is 274 g/mol. The molecule has 0 aromatic heterocycles. The summed E-state index contributed by atoms with van der Waals surface area (Å²) in [6, 6.07) is 0.829. The number of rotatable bonds is 3. The van der Waals surface area contributed by atoms with Crippen molar-refractivity contribution in [2.24, 2.45) is 5.41 Å². The lowest BCUT2D eigenvalue weighted by molar-refractivity contribution is 0.102. The van der Waals surface area contributed by atoms with Gasteiger partial charge in [-0.15, -0.1) is 0 Å². The van der Waals surface area contributed by atoms with Crippen molar-refractivity contribution in [2.75, 3.05) is 18.4 Å². The van der Waals surface area contributed by atoms with Crippen molar-refractivity contribution in [3.8, 4) is 0 Å². The molecular formula is C13H24BrN. The second-order valence-electron chi connectivity index (χ2n) is 5.66. The Labute approximate surface area is 103 Å². The van der Waals surface area contributed by atoms with Crippen molar-refractivity contribution < 1.29 is 0 Å². The summed E-state index contributed by atoms with van der Waals surface area (Å²) in [6.07, 6.45) is 10.1. The van der Waals surface area contributed by atoms with Gasteiger partial charge in [0.2, 0.25) is 0 Å². The number of hydrogen-bond donors (Lipinski definition) is 0. The largest absolute Gasteiger partial charge is 0.300 e. The van der Waals surface area contributed by atoms with E-state index in [0.717, 1.165) is 6.04 Å². The van der Waals surface area contributed by atoms with Crippen molar-refractivity contribution >= 4 is 15.9 Å². The maximum atomic E-state index is 3.75. The van der Waals surface area contributed by atoms with E-state index in [0.29, 0.717) is 5.41 Å². The first kappa shape index (κ1) is 11.9. The Morgan fingerprint density at radius 3 is 2.53 bits per heavy atom. The van der Waals surface area contributed by atoms with Gasteiger partial charge in [-0.3, -0.25) is 0 Å². The van der Waals surface area contributed by atoms with Crippen LogP contribution in [0.4, 0.5) is 0 Å². The third kappa shape index (κ3) is 2.76. The summed E-state index contributed by atoms with van der Waals surface area (Å²) in [5, 5.41) is 1.21. The highest BCUT2D eigenvalue weighted by Crippen LogP contribution is 2.41. The standard InChI is InChI=1S/C13H24BrN/c1-12-6-2-5-9-15(12)11-13(10-14)7-3-4-8-13/h12H,2-11H2,1H3. The second kappa shape index (κ2) is 5.18. The Bertz CT molecular complexity index is 199. The maximum absolute atomic E-state index is 3.75. The summed E-state index contributed by atoms with van der Waals surface area (Å²) >= 11 is 3.75. The van der Waals surface area contributed by atoms with Crippen molar-refractivity contribution in [1.82, 2.24) is 4.90 Å². The van der Waals surface area contributed by atoms with Crippen LogP contribution in [0.3, 0.4) is 0 Å². The molecule has 0 bridgehead atoms. The second-order valence-corrected chi connectivity index (χ2v) is 6.22. The zero-order valence-electron chi connectivity index (χ0n) is 9.97. The van der Waals surface area contributed by atoms with Gasteiger partial charge in [0.1, 0.15) is 0 Å². The van der Waals surface area contributed by atoms with Crippen LogP contribution in [0.1, 0.15) is 51.9 Å². The maximum Gasteiger partial charge on any atom is 0.0100 e. The fraction of sp³-hybridized carbons (Fsp3) is 1.00. The van der Waals surface area contributed by atoms with Crippen LogP contribution in [0.5, 0.6) is 0 Å². The number of hydrogen-bond acceptors (Lipinski definition) is 1. The molecule has 1 aliphatic heterocycles. The lowest BCUT2D eigenvalue weighted by Crippen LogP contribution is -2.44. The molecule has 2 heteroatoms. The molecule has 0 aromatic carbocycles. The lowest BCUT2D eigenvalue weighted by Gasteiger charge is -2.40. The van der Waals surface area contributed by atoms with Crippen LogP contribution < -0.4 is 0 Å². The summed E-state index contributed by atoms with van der Waals surface area (Å²) in [7, 11) is 0. The van der Waals surface area contributed by atoms with Gasteiger partial charge < -0.3 is 4.90 Å². The van der Waals surface area contributed by atoms with Gasteiger partial charge in [-0.05, 0) is 44.6 Å². The fourth-order valence-electron chi connectivity index (χ4n) is 3.28. The molecule has 2 rings (SSSR count). The third-order valence-corrected chi connectivity index (χ3v) is 5.62. The summed E-state index contributed by atoms with van der Waals surface area (Å²) in [4.78, 5) is 2.75. The minimum absolute atomic E-state index is 0.617. The van der Waals surface area contributed by atoms with E-state index in [-0.39, 0.29) is 0 Å². The monoisotopic (exact) mass is 273 g/mol. The van der Waals surface area contributed by atoms with Gasteiger partial charge in [0.05, 0.1) is 0 Å². The quantitative estimate of drug-likeness (QED) is 0.707. The van der Waals surface area contributed by atoms with Gasteiger partial charge in [-0.1, -0.05) is 35.2 Å². The van der Waals surface area contributed by atoms with Crippen LogP contribution in [0.15, 0.2) is 0 Å². The predicted octanol–water partition coefficient (Wildman–Crippen LogP) is 3.82. The Hall–Kier alpha value is 0.440. The van der Waals surface area contributed by atoms with E-state index in [1.807, 2.05) is 0 Å². The number of likely N-dealkylation sites (tertiary alicyclic amines) is 1. The van der Waals surface area contributed by atoms with Gasteiger partial charge in [0.15, 0.2) is 0 Å². The van der Waals surface area contributed by atoms with Crippen LogP contribution in [0, 0.1) is 5.41 Å². The molecule has 0 N–H and O–H groups in total. The number of piperidine rings is 1. The number of alkyl halides is 1. The molecule has 1 heterocycles. The van der Waals surface area contributed by atoms with Crippen molar-refractivity contribution in [3.63, 3.8) is 0 Å². The van der Waals surface area contributed by atoms with E-state index < -0.39 is 0 Å². The molecule has 0 amide bonds. The molecule has 1 aliphatic carbocycles. The Balaban J connectivity index is 1.93. The van der Waals surface area contributed by atoms with E-state index in [4.69, 9.17) is 0 Å². The Kier molecular flexibility index (Phi) is 4.11. The summed E-state index contributed by atoms with van der Waals surface area (Å²) < 4.78 is 0. The molecule has 88 valence electrons. The first-order valence-corrected chi connectivity index (χ1v) is 7.68. The van der Waals surface area contributed by atoms with Gasteiger partial charge in [0.25, 0.3) is 0 Å². The molecule has 0 spiro atoms. The zero-order chi connectivity index (χ0) is 10.7. The normalized spacial score (nSPS) is 32.0. The Morgan fingerprint density at radius 2 is 1.93 bits per heavy atom. The molecular weight excluding hydrogens is 250 g/mol. The van der Waals surface area contributed by atoms with Gasteiger partial charge in [-0.2, -0.15) is 0 Å². The summed E-state index contributed by atoms with van der Waals surface area (Å²) in [5.41, 5.74) is 0.617. The first-order chi connectivity index (χ1) is 7.26. The molecule has 2 fully saturated rings. The number of nitrogens with zero attached hydrogens (tertiary/aromatic N) is 1.